The molecule has 2 aromatic carbocycles. The quantitative estimate of drug-likeness (QED) is 0.430. The number of aryl methyl sites for hydroxylation is 1. The fourth-order valence-corrected chi connectivity index (χ4v) is 5.43. The lowest BCUT2D eigenvalue weighted by atomic mass is 9.86. The van der Waals surface area contributed by atoms with Crippen molar-refractivity contribution in [2.24, 2.45) is 5.92 Å². The van der Waals surface area contributed by atoms with Crippen LogP contribution >= 0.6 is 11.6 Å². The van der Waals surface area contributed by atoms with Crippen molar-refractivity contribution < 1.29 is 18.3 Å². The molecule has 0 radical (unpaired) electrons. The number of carbonyl (C=O) groups excluding carboxylic acids is 1. The maximum Gasteiger partial charge on any atom is 0.350 e. The van der Waals surface area contributed by atoms with Gasteiger partial charge in [0.25, 0.3) is 5.91 Å². The maximum atomic E-state index is 15.5. The molecule has 1 atom stereocenters. The first-order valence-corrected chi connectivity index (χ1v) is 13.2. The number of anilines is 1. The van der Waals surface area contributed by atoms with Crippen LogP contribution < -0.4 is 15.7 Å². The molecule has 0 saturated heterocycles. The molecule has 3 aromatic rings. The molecular weight excluding hydrogens is 502 g/mol. The van der Waals surface area contributed by atoms with E-state index in [1.165, 1.54) is 24.6 Å². The van der Waals surface area contributed by atoms with E-state index in [1.54, 1.807) is 4.57 Å². The largest absolute Gasteiger partial charge is 0.490 e. The molecule has 0 bridgehead atoms. The molecule has 2 heterocycles. The van der Waals surface area contributed by atoms with Gasteiger partial charge in [0, 0.05) is 19.0 Å². The summed E-state index contributed by atoms with van der Waals surface area (Å²) in [5.74, 6) is -0.944. The predicted octanol–water partition coefficient (Wildman–Crippen LogP) is 5.90. The zero-order chi connectivity index (χ0) is 26.1. The van der Waals surface area contributed by atoms with Crippen molar-refractivity contribution in [3.63, 3.8) is 0 Å². The van der Waals surface area contributed by atoms with Crippen LogP contribution in [0.2, 0.25) is 5.02 Å². The van der Waals surface area contributed by atoms with Crippen LogP contribution in [0.15, 0.2) is 35.1 Å². The van der Waals surface area contributed by atoms with Gasteiger partial charge in [-0.1, -0.05) is 30.9 Å². The molecule has 0 spiro atoms. The number of benzene rings is 2. The Balaban J connectivity index is 1.53. The van der Waals surface area contributed by atoms with Crippen LogP contribution in [0.5, 0.6) is 5.75 Å². The first kappa shape index (κ1) is 25.4. The molecule has 196 valence electrons. The molecule has 1 aromatic heterocycles. The third-order valence-electron chi connectivity index (χ3n) is 7.30. The van der Waals surface area contributed by atoms with Crippen LogP contribution in [0.4, 0.5) is 14.5 Å². The Morgan fingerprint density at radius 3 is 2.65 bits per heavy atom. The highest BCUT2D eigenvalue weighted by molar-refractivity contribution is 6.34. The van der Waals surface area contributed by atoms with Gasteiger partial charge in [0.05, 0.1) is 22.4 Å². The molecule has 37 heavy (non-hydrogen) atoms. The van der Waals surface area contributed by atoms with E-state index in [0.717, 1.165) is 55.3 Å². The van der Waals surface area contributed by atoms with Crippen molar-refractivity contribution in [1.82, 2.24) is 14.3 Å². The van der Waals surface area contributed by atoms with Crippen molar-refractivity contribution in [2.75, 3.05) is 5.32 Å². The van der Waals surface area contributed by atoms with Crippen LogP contribution in [-0.2, 0) is 13.0 Å². The zero-order valence-corrected chi connectivity index (χ0v) is 21.4. The van der Waals surface area contributed by atoms with E-state index < -0.39 is 23.2 Å². The Hall–Kier alpha value is -3.20. The summed E-state index contributed by atoms with van der Waals surface area (Å²) in [4.78, 5) is 26.3. The summed E-state index contributed by atoms with van der Waals surface area (Å²) in [5, 5.41) is 7.00. The number of amides is 1. The second-order valence-corrected chi connectivity index (χ2v) is 10.2. The molecule has 10 heteroatoms. The number of hydrogen-bond donors (Lipinski definition) is 1. The second-order valence-electron chi connectivity index (χ2n) is 9.82. The summed E-state index contributed by atoms with van der Waals surface area (Å²) in [6.07, 6.45) is 7.61. The Morgan fingerprint density at radius 2 is 1.92 bits per heavy atom. The van der Waals surface area contributed by atoms with Crippen molar-refractivity contribution in [2.45, 2.75) is 70.9 Å². The average Bonchev–Trinajstić information content (AvgIpc) is 3.23. The first-order valence-electron chi connectivity index (χ1n) is 12.8. The number of hydrogen-bond acceptors (Lipinski definition) is 4. The monoisotopic (exact) mass is 530 g/mol. The number of ether oxygens (including phenoxy) is 1. The molecular formula is C27H29ClF2N4O3. The third kappa shape index (κ3) is 5.28. The van der Waals surface area contributed by atoms with Crippen LogP contribution in [-0.4, -0.2) is 26.4 Å². The summed E-state index contributed by atoms with van der Waals surface area (Å²) in [6.45, 7) is 2.48. The Morgan fingerprint density at radius 1 is 1.14 bits per heavy atom. The molecule has 1 fully saturated rings. The fourth-order valence-electron chi connectivity index (χ4n) is 5.22. The van der Waals surface area contributed by atoms with Gasteiger partial charge < -0.3 is 10.1 Å². The predicted molar refractivity (Wildman–Crippen MR) is 137 cm³/mol. The first-order chi connectivity index (χ1) is 17.8. The molecule has 1 N–H and O–H groups in total. The van der Waals surface area contributed by atoms with E-state index in [9.17, 15) is 14.0 Å². The van der Waals surface area contributed by atoms with Gasteiger partial charge in [-0.3, -0.25) is 9.36 Å². The lowest BCUT2D eigenvalue weighted by Crippen LogP contribution is -2.28. The Labute approximate surface area is 218 Å². The normalized spacial score (nSPS) is 16.8. The highest BCUT2D eigenvalue weighted by Crippen LogP contribution is 2.33. The number of fused-ring (bicyclic) bond motifs is 1. The SMILES string of the molecule is C[C@H](Oc1cc(-n2nc3n(c2=O)CCCC3)c(F)cc1C(=O)Nc1ccc(F)cc1Cl)C1CCCCC1. The Kier molecular flexibility index (Phi) is 7.33. The van der Waals surface area contributed by atoms with Crippen LogP contribution in [0, 0.1) is 17.6 Å². The lowest BCUT2D eigenvalue weighted by molar-refractivity contribution is 0.0997. The maximum absolute atomic E-state index is 15.5. The molecule has 1 saturated carbocycles. The van der Waals surface area contributed by atoms with E-state index in [0.29, 0.717) is 24.7 Å². The number of halogens is 3. The smallest absolute Gasteiger partial charge is 0.350 e. The fraction of sp³-hybridized carbons (Fsp3) is 0.444. The van der Waals surface area contributed by atoms with Crippen molar-refractivity contribution in [3.8, 4) is 11.4 Å². The molecule has 5 rings (SSSR count). The van der Waals surface area contributed by atoms with E-state index >= 15 is 4.39 Å². The standard InChI is InChI=1S/C27H29ClF2N4O3/c1-16(17-7-3-2-4-8-17)37-24-15-23(34-27(36)33-12-6-5-9-25(33)32-34)21(30)14-19(24)26(35)31-22-11-10-18(29)13-20(22)28/h10-11,13-17H,2-9,12H2,1H3,(H,31,35)/t16-/m0/s1. The molecule has 1 aliphatic carbocycles. The van der Waals surface area contributed by atoms with Gasteiger partial charge in [0.1, 0.15) is 28.9 Å². The third-order valence-corrected chi connectivity index (χ3v) is 7.61. The number of carbonyl (C=O) groups is 1. The molecule has 1 aliphatic heterocycles. The zero-order valence-electron chi connectivity index (χ0n) is 20.6. The van der Waals surface area contributed by atoms with Crippen molar-refractivity contribution in [1.29, 1.82) is 0 Å². The number of nitrogens with zero attached hydrogens (tertiary/aromatic N) is 3. The molecule has 7 nitrogen and oxygen atoms in total. The van der Waals surface area contributed by atoms with Crippen molar-refractivity contribution >= 4 is 23.2 Å². The number of nitrogens with one attached hydrogen (secondary N) is 1. The highest BCUT2D eigenvalue weighted by Gasteiger charge is 2.27. The summed E-state index contributed by atoms with van der Waals surface area (Å²) < 4.78 is 37.8. The average molecular weight is 531 g/mol. The van der Waals surface area contributed by atoms with Gasteiger partial charge in [-0.25, -0.2) is 13.6 Å². The molecule has 0 unspecified atom stereocenters. The summed E-state index contributed by atoms with van der Waals surface area (Å²) in [5.41, 5.74) is -0.368. The number of rotatable bonds is 6. The minimum Gasteiger partial charge on any atom is -0.490 e. The van der Waals surface area contributed by atoms with E-state index in [4.69, 9.17) is 16.3 Å². The summed E-state index contributed by atoms with van der Waals surface area (Å²) in [6, 6.07) is 6.00. The Bertz CT molecular complexity index is 1380. The van der Waals surface area contributed by atoms with Crippen molar-refractivity contribution in [3.05, 3.63) is 68.9 Å². The van der Waals surface area contributed by atoms with Crippen LogP contribution in [0.3, 0.4) is 0 Å². The minimum absolute atomic E-state index is 0.0126. The van der Waals surface area contributed by atoms with Crippen LogP contribution in [0.1, 0.15) is 68.1 Å². The summed E-state index contributed by atoms with van der Waals surface area (Å²) >= 11 is 6.08. The lowest BCUT2D eigenvalue weighted by Gasteiger charge is -2.29. The van der Waals surface area contributed by atoms with Gasteiger partial charge in [-0.05, 0) is 62.8 Å². The minimum atomic E-state index is -0.787. The molecule has 2 aliphatic rings. The second kappa shape index (κ2) is 10.7. The van der Waals surface area contributed by atoms with Gasteiger partial charge in [-0.15, -0.1) is 5.10 Å². The van der Waals surface area contributed by atoms with E-state index in [1.807, 2.05) is 6.92 Å². The topological polar surface area (TPSA) is 78.2 Å². The van der Waals surface area contributed by atoms with E-state index in [-0.39, 0.29) is 33.8 Å². The summed E-state index contributed by atoms with van der Waals surface area (Å²) in [7, 11) is 0. The van der Waals surface area contributed by atoms with Crippen LogP contribution in [0.25, 0.3) is 5.69 Å². The molecule has 1 amide bonds. The van der Waals surface area contributed by atoms with Gasteiger partial charge in [-0.2, -0.15) is 4.68 Å². The van der Waals surface area contributed by atoms with Gasteiger partial charge in [0.2, 0.25) is 0 Å². The van der Waals surface area contributed by atoms with Gasteiger partial charge in [0.15, 0.2) is 0 Å². The van der Waals surface area contributed by atoms with Gasteiger partial charge >= 0.3 is 5.69 Å². The van der Waals surface area contributed by atoms with E-state index in [2.05, 4.69) is 10.4 Å². The highest BCUT2D eigenvalue weighted by atomic mass is 35.5. The number of aromatic nitrogens is 3.